The first-order valence-electron chi connectivity index (χ1n) is 20.8. The summed E-state index contributed by atoms with van der Waals surface area (Å²) in [6, 6.07) is 41.9. The molecule has 4 aliphatic heterocycles. The molecule has 9 atom stereocenters. The highest BCUT2D eigenvalue weighted by molar-refractivity contribution is 7.99. The zero-order chi connectivity index (χ0) is 40.2. The van der Waals surface area contributed by atoms with Crippen molar-refractivity contribution in [2.24, 2.45) is 0 Å². The third-order valence-electron chi connectivity index (χ3n) is 12.1. The van der Waals surface area contributed by atoms with Gasteiger partial charge in [0, 0.05) is 41.2 Å². The predicted molar refractivity (Wildman–Crippen MR) is 232 cm³/mol. The van der Waals surface area contributed by atoms with Gasteiger partial charge in [0.05, 0.1) is 18.8 Å². The highest BCUT2D eigenvalue weighted by Gasteiger charge is 2.69. The van der Waals surface area contributed by atoms with E-state index in [0.29, 0.717) is 12.8 Å². The summed E-state index contributed by atoms with van der Waals surface area (Å²) in [5, 5.41) is 14.5. The summed E-state index contributed by atoms with van der Waals surface area (Å²) in [6.45, 7) is 6.87. The van der Waals surface area contributed by atoms with Crippen molar-refractivity contribution in [2.45, 2.75) is 129 Å². The highest BCUT2D eigenvalue weighted by atomic mass is 32.2. The zero-order valence-electron chi connectivity index (χ0n) is 34.1. The van der Waals surface area contributed by atoms with Gasteiger partial charge in [0.2, 0.25) is 11.6 Å². The SMILES string of the molecule is CO[C@H]1O[C@H](CO[Si](c2ccccc2)(c2ccccc2)C(C)(C)C)[C@@H](O)[C@@H]2O[C@]3(CCC[C@H](CSc4ccccc4)O3)[C@@]3(CCC[C@H](CSc4ccccc4)O3)O[C@@H]12. The molecular formula is C47H58O8S2Si. The van der Waals surface area contributed by atoms with Crippen LogP contribution in [0.15, 0.2) is 131 Å². The second-order valence-electron chi connectivity index (χ2n) is 16.9. The molecule has 11 heteroatoms. The lowest BCUT2D eigenvalue weighted by atomic mass is 9.84. The summed E-state index contributed by atoms with van der Waals surface area (Å²) in [7, 11) is -1.33. The molecule has 4 aliphatic rings. The maximum absolute atomic E-state index is 12.4. The Labute approximate surface area is 353 Å². The molecule has 8 nitrogen and oxygen atoms in total. The highest BCUT2D eigenvalue weighted by Crippen LogP contribution is 2.54. The second-order valence-corrected chi connectivity index (χ2v) is 23.4. The third kappa shape index (κ3) is 8.52. The van der Waals surface area contributed by atoms with Crippen LogP contribution in [0.4, 0.5) is 0 Å². The van der Waals surface area contributed by atoms with E-state index < -0.39 is 50.6 Å². The average Bonchev–Trinajstić information content (AvgIpc) is 3.25. The van der Waals surface area contributed by atoms with Crippen LogP contribution < -0.4 is 10.4 Å². The monoisotopic (exact) mass is 842 g/mol. The lowest BCUT2D eigenvalue weighted by Gasteiger charge is -2.62. The van der Waals surface area contributed by atoms with Crippen molar-refractivity contribution in [1.82, 2.24) is 0 Å². The van der Waals surface area contributed by atoms with Crippen LogP contribution in [-0.2, 0) is 32.8 Å². The van der Waals surface area contributed by atoms with Gasteiger partial charge in [-0.05, 0) is 65.4 Å². The number of benzene rings is 4. The second kappa shape index (κ2) is 18.2. The molecule has 0 aromatic heterocycles. The van der Waals surface area contributed by atoms with Crippen molar-refractivity contribution in [3.8, 4) is 0 Å². The summed E-state index contributed by atoms with van der Waals surface area (Å²) in [5.74, 6) is -0.943. The van der Waals surface area contributed by atoms with Crippen LogP contribution in [0.5, 0.6) is 0 Å². The molecule has 0 saturated carbocycles. The van der Waals surface area contributed by atoms with Crippen LogP contribution in [-0.4, -0.2) is 93.1 Å². The maximum Gasteiger partial charge on any atom is 0.261 e. The van der Waals surface area contributed by atoms with E-state index in [9.17, 15) is 5.11 Å². The minimum Gasteiger partial charge on any atom is -0.405 e. The number of methoxy groups -OCH3 is 1. The molecule has 8 rings (SSSR count). The summed E-state index contributed by atoms with van der Waals surface area (Å²) in [6.07, 6.45) is 0.220. The van der Waals surface area contributed by atoms with E-state index in [-0.39, 0.29) is 23.9 Å². The molecule has 58 heavy (non-hydrogen) atoms. The Kier molecular flexibility index (Phi) is 13.2. The Balaban J connectivity index is 1.09. The minimum absolute atomic E-state index is 0.0957. The molecule has 4 aromatic rings. The fraction of sp³-hybridized carbons (Fsp3) is 0.489. The van der Waals surface area contributed by atoms with Crippen LogP contribution in [0, 0.1) is 0 Å². The van der Waals surface area contributed by atoms with Gasteiger partial charge in [-0.25, -0.2) is 0 Å². The number of aliphatic hydroxyl groups is 1. The number of rotatable bonds is 12. The first-order chi connectivity index (χ1) is 28.2. The van der Waals surface area contributed by atoms with E-state index in [2.05, 4.69) is 118 Å². The molecule has 4 heterocycles. The molecule has 0 amide bonds. The van der Waals surface area contributed by atoms with Crippen molar-refractivity contribution in [3.05, 3.63) is 121 Å². The van der Waals surface area contributed by atoms with E-state index in [4.69, 9.17) is 32.8 Å². The van der Waals surface area contributed by atoms with Gasteiger partial charge < -0.3 is 38.0 Å². The first-order valence-corrected chi connectivity index (χ1v) is 24.7. The van der Waals surface area contributed by atoms with E-state index >= 15 is 0 Å². The van der Waals surface area contributed by atoms with Gasteiger partial charge in [0.1, 0.15) is 24.4 Å². The summed E-state index contributed by atoms with van der Waals surface area (Å²) < 4.78 is 48.9. The summed E-state index contributed by atoms with van der Waals surface area (Å²) in [4.78, 5) is 2.39. The van der Waals surface area contributed by atoms with Gasteiger partial charge in [0.25, 0.3) is 8.32 Å². The Morgan fingerprint density at radius 3 is 1.55 bits per heavy atom. The van der Waals surface area contributed by atoms with Gasteiger partial charge in [-0.3, -0.25) is 0 Å². The fourth-order valence-corrected chi connectivity index (χ4v) is 15.8. The van der Waals surface area contributed by atoms with Gasteiger partial charge in [-0.1, -0.05) is 118 Å². The van der Waals surface area contributed by atoms with Crippen LogP contribution >= 0.6 is 23.5 Å². The quantitative estimate of drug-likeness (QED) is 0.111. The molecule has 4 saturated heterocycles. The van der Waals surface area contributed by atoms with Gasteiger partial charge in [-0.15, -0.1) is 23.5 Å². The molecule has 0 radical (unpaired) electrons. The van der Waals surface area contributed by atoms with Gasteiger partial charge in [0.15, 0.2) is 6.29 Å². The molecular weight excluding hydrogens is 785 g/mol. The Morgan fingerprint density at radius 1 is 0.655 bits per heavy atom. The molecule has 0 aliphatic carbocycles. The largest absolute Gasteiger partial charge is 0.405 e. The minimum atomic E-state index is -2.95. The molecule has 1 N–H and O–H groups in total. The van der Waals surface area contributed by atoms with Crippen molar-refractivity contribution < 1.29 is 38.0 Å². The maximum atomic E-state index is 12.4. The summed E-state index contributed by atoms with van der Waals surface area (Å²) >= 11 is 3.57. The van der Waals surface area contributed by atoms with Gasteiger partial charge >= 0.3 is 0 Å². The average molecular weight is 843 g/mol. The third-order valence-corrected chi connectivity index (χ3v) is 19.4. The van der Waals surface area contributed by atoms with Crippen LogP contribution in [0.3, 0.4) is 0 Å². The normalized spacial score (nSPS) is 31.6. The molecule has 310 valence electrons. The molecule has 4 fully saturated rings. The van der Waals surface area contributed by atoms with Crippen molar-refractivity contribution in [2.75, 3.05) is 25.2 Å². The summed E-state index contributed by atoms with van der Waals surface area (Å²) in [5.41, 5.74) is 0. The van der Waals surface area contributed by atoms with Crippen molar-refractivity contribution in [1.29, 1.82) is 0 Å². The number of hydrogen-bond acceptors (Lipinski definition) is 10. The molecule has 2 spiro atoms. The van der Waals surface area contributed by atoms with Crippen molar-refractivity contribution >= 4 is 42.2 Å². The standard InChI is InChI=1S/C47H58O8S2Si/c1-45(2,3)58(38-25-13-7-14-26-38,39-27-15-8-16-28-39)50-31-40-41(48)42-43(44(49-4)51-40)55-47(30-18-20-35(53-47)33-57-37-23-11-6-12-24-37)46(54-42)29-17-19-34(52-46)32-56-36-21-9-5-10-22-36/h5-16,21-28,34-35,40-44,48H,17-20,29-33H2,1-4H3/t34-,35-,40-,41-,42+,43-,44+,46-,47-/m1/s1. The molecule has 0 bridgehead atoms. The van der Waals surface area contributed by atoms with Crippen LogP contribution in [0.25, 0.3) is 0 Å². The Bertz CT molecular complexity index is 1850. The number of thioether (sulfide) groups is 2. The lowest BCUT2D eigenvalue weighted by molar-refractivity contribution is -0.517. The first kappa shape index (κ1) is 42.2. The van der Waals surface area contributed by atoms with E-state index in [1.165, 1.54) is 9.79 Å². The van der Waals surface area contributed by atoms with E-state index in [1.807, 2.05) is 24.3 Å². The van der Waals surface area contributed by atoms with Crippen LogP contribution in [0.1, 0.15) is 59.3 Å². The fourth-order valence-electron chi connectivity index (χ4n) is 9.35. The molecule has 0 unspecified atom stereocenters. The Hall–Kier alpha value is -2.52. The molecule has 4 aromatic carbocycles. The number of aliphatic hydroxyl groups excluding tert-OH is 1. The number of fused-ring (bicyclic) bond motifs is 2. The number of hydrogen-bond donors (Lipinski definition) is 1. The lowest BCUT2D eigenvalue weighted by Crippen LogP contribution is -2.77. The van der Waals surface area contributed by atoms with Crippen molar-refractivity contribution in [3.63, 3.8) is 0 Å². The smallest absolute Gasteiger partial charge is 0.261 e. The number of ether oxygens (including phenoxy) is 6. The van der Waals surface area contributed by atoms with Gasteiger partial charge in [-0.2, -0.15) is 0 Å². The van der Waals surface area contributed by atoms with Crippen LogP contribution in [0.2, 0.25) is 5.04 Å². The predicted octanol–water partition coefficient (Wildman–Crippen LogP) is 8.19. The Morgan fingerprint density at radius 2 is 1.10 bits per heavy atom. The van der Waals surface area contributed by atoms with E-state index in [0.717, 1.165) is 47.6 Å². The topological polar surface area (TPSA) is 84.8 Å². The van der Waals surface area contributed by atoms with E-state index in [1.54, 1.807) is 30.6 Å². The zero-order valence-corrected chi connectivity index (χ0v) is 36.7.